The molecule has 234 valence electrons. The van der Waals surface area contributed by atoms with Crippen LogP contribution in [0.4, 0.5) is 0 Å². The molecule has 0 heterocycles. The van der Waals surface area contributed by atoms with Crippen LogP contribution >= 0.6 is 21.6 Å². The molecule has 5 nitrogen and oxygen atoms in total. The third-order valence-corrected chi connectivity index (χ3v) is 9.14. The van der Waals surface area contributed by atoms with E-state index < -0.39 is 0 Å². The Morgan fingerprint density at radius 2 is 1.38 bits per heavy atom. The molecule has 1 unspecified atom stereocenters. The standard InChI is InChI=1S/C33H61NO4S2/c1-5-7-9-10-11-12-13-14-15-16-17-19-22-31(29-30(3)21-18-8-6-2)38-33(36)24-28-40-39-27-23-32(35)37-26-20-25-34-4/h6,8,29,31,34H,5,7,9-28H2,1-4H3/b8-6+,30-29+. The highest BCUT2D eigenvalue weighted by Gasteiger charge is 2.13. The first-order valence-electron chi connectivity index (χ1n) is 16.1. The van der Waals surface area contributed by atoms with E-state index in [2.05, 4.69) is 37.4 Å². The van der Waals surface area contributed by atoms with Crippen molar-refractivity contribution in [3.05, 3.63) is 23.8 Å². The molecule has 0 rings (SSSR count). The second-order valence-corrected chi connectivity index (χ2v) is 13.4. The third-order valence-electron chi connectivity index (χ3n) is 6.73. The first-order chi connectivity index (χ1) is 19.5. The molecule has 0 fully saturated rings. The summed E-state index contributed by atoms with van der Waals surface area (Å²) in [6, 6.07) is 0. The van der Waals surface area contributed by atoms with Crippen LogP contribution in [0.25, 0.3) is 0 Å². The van der Waals surface area contributed by atoms with E-state index in [-0.39, 0.29) is 18.0 Å². The van der Waals surface area contributed by atoms with Gasteiger partial charge in [-0.1, -0.05) is 117 Å². The summed E-state index contributed by atoms with van der Waals surface area (Å²) in [7, 11) is 5.12. The maximum Gasteiger partial charge on any atom is 0.307 e. The van der Waals surface area contributed by atoms with Crippen molar-refractivity contribution in [1.82, 2.24) is 5.32 Å². The van der Waals surface area contributed by atoms with Crippen LogP contribution in [-0.4, -0.2) is 49.7 Å². The lowest BCUT2D eigenvalue weighted by Crippen LogP contribution is -2.17. The lowest BCUT2D eigenvalue weighted by atomic mass is 10.0. The molecule has 0 aliphatic heterocycles. The smallest absolute Gasteiger partial charge is 0.307 e. The van der Waals surface area contributed by atoms with Crippen molar-refractivity contribution in [1.29, 1.82) is 0 Å². The molecular formula is C33H61NO4S2. The Hall–Kier alpha value is -0.920. The first-order valence-corrected chi connectivity index (χ1v) is 18.5. The van der Waals surface area contributed by atoms with E-state index >= 15 is 0 Å². The second-order valence-electron chi connectivity index (χ2n) is 10.6. The predicted octanol–water partition coefficient (Wildman–Crippen LogP) is 9.61. The van der Waals surface area contributed by atoms with Crippen molar-refractivity contribution >= 4 is 33.5 Å². The number of esters is 2. The van der Waals surface area contributed by atoms with Gasteiger partial charge in [0.2, 0.25) is 0 Å². The van der Waals surface area contributed by atoms with Crippen molar-refractivity contribution in [3.63, 3.8) is 0 Å². The molecule has 0 saturated heterocycles. The van der Waals surface area contributed by atoms with Gasteiger partial charge in [0.15, 0.2) is 0 Å². The van der Waals surface area contributed by atoms with Crippen molar-refractivity contribution in [2.24, 2.45) is 0 Å². The Morgan fingerprint density at radius 1 is 0.800 bits per heavy atom. The largest absolute Gasteiger partial charge is 0.466 e. The molecule has 0 aliphatic carbocycles. The van der Waals surface area contributed by atoms with Crippen LogP contribution in [0.15, 0.2) is 23.8 Å². The van der Waals surface area contributed by atoms with E-state index in [1.54, 1.807) is 21.6 Å². The monoisotopic (exact) mass is 599 g/mol. The number of nitrogens with one attached hydrogen (secondary N) is 1. The summed E-state index contributed by atoms with van der Waals surface area (Å²) in [6.45, 7) is 7.78. The van der Waals surface area contributed by atoms with Crippen molar-refractivity contribution in [3.8, 4) is 0 Å². The lowest BCUT2D eigenvalue weighted by molar-refractivity contribution is -0.146. The molecule has 0 aromatic rings. The molecule has 0 aromatic carbocycles. The third kappa shape index (κ3) is 28.6. The summed E-state index contributed by atoms with van der Waals surface area (Å²) in [5.74, 6) is 1.11. The Bertz CT molecular complexity index is 654. The van der Waals surface area contributed by atoms with Crippen LogP contribution in [0.3, 0.4) is 0 Å². The van der Waals surface area contributed by atoms with Crippen LogP contribution in [0, 0.1) is 0 Å². The summed E-state index contributed by atoms with van der Waals surface area (Å²) in [5.41, 5.74) is 1.29. The number of allylic oxidation sites excluding steroid dienone is 3. The van der Waals surface area contributed by atoms with Crippen LogP contribution in [-0.2, 0) is 19.1 Å². The minimum Gasteiger partial charge on any atom is -0.466 e. The zero-order valence-corrected chi connectivity index (χ0v) is 27.9. The highest BCUT2D eigenvalue weighted by Crippen LogP contribution is 2.23. The first kappa shape index (κ1) is 39.1. The SMILES string of the molecule is C/C=C/CC/C(C)=C/C(CCCCCCCCCCCCCC)OC(=O)CCSSCCC(=O)OCCCNC. The minimum absolute atomic E-state index is 0.126. The molecule has 0 aromatic heterocycles. The van der Waals surface area contributed by atoms with Gasteiger partial charge < -0.3 is 14.8 Å². The van der Waals surface area contributed by atoms with E-state index in [0.29, 0.717) is 31.0 Å². The highest BCUT2D eigenvalue weighted by atomic mass is 33.1. The van der Waals surface area contributed by atoms with E-state index in [4.69, 9.17) is 9.47 Å². The van der Waals surface area contributed by atoms with E-state index in [1.165, 1.54) is 76.2 Å². The summed E-state index contributed by atoms with van der Waals surface area (Å²) in [6.07, 6.45) is 26.8. The van der Waals surface area contributed by atoms with Gasteiger partial charge in [0, 0.05) is 11.5 Å². The summed E-state index contributed by atoms with van der Waals surface area (Å²) in [4.78, 5) is 24.3. The van der Waals surface area contributed by atoms with E-state index in [1.807, 2.05) is 14.0 Å². The zero-order chi connectivity index (χ0) is 29.5. The predicted molar refractivity (Wildman–Crippen MR) is 177 cm³/mol. The van der Waals surface area contributed by atoms with Crippen molar-refractivity contribution in [2.75, 3.05) is 31.7 Å². The maximum atomic E-state index is 12.6. The molecule has 7 heteroatoms. The van der Waals surface area contributed by atoms with Gasteiger partial charge in [-0.3, -0.25) is 9.59 Å². The fourth-order valence-electron chi connectivity index (χ4n) is 4.34. The van der Waals surface area contributed by atoms with Crippen LogP contribution in [0.5, 0.6) is 0 Å². The molecule has 0 radical (unpaired) electrons. The summed E-state index contributed by atoms with van der Waals surface area (Å²) < 4.78 is 11.1. The highest BCUT2D eigenvalue weighted by molar-refractivity contribution is 8.76. The van der Waals surface area contributed by atoms with Crippen LogP contribution < -0.4 is 5.32 Å². The van der Waals surface area contributed by atoms with Gasteiger partial charge in [0.1, 0.15) is 6.10 Å². The number of carbonyl (C=O) groups excluding carboxylic acids is 2. The van der Waals surface area contributed by atoms with Crippen molar-refractivity contribution < 1.29 is 19.1 Å². The lowest BCUT2D eigenvalue weighted by Gasteiger charge is -2.16. The number of hydrogen-bond donors (Lipinski definition) is 1. The number of hydrogen-bond acceptors (Lipinski definition) is 7. The van der Waals surface area contributed by atoms with Gasteiger partial charge in [-0.05, 0) is 65.6 Å². The molecule has 1 atom stereocenters. The van der Waals surface area contributed by atoms with E-state index in [0.717, 1.165) is 38.6 Å². The average molecular weight is 600 g/mol. The molecule has 40 heavy (non-hydrogen) atoms. The number of rotatable bonds is 29. The fraction of sp³-hybridized carbons (Fsp3) is 0.818. The van der Waals surface area contributed by atoms with Gasteiger partial charge in [-0.25, -0.2) is 0 Å². The van der Waals surface area contributed by atoms with Gasteiger partial charge in [-0.15, -0.1) is 0 Å². The van der Waals surface area contributed by atoms with Gasteiger partial charge in [0.05, 0.1) is 19.4 Å². The number of carbonyl (C=O) groups is 2. The normalized spacial score (nSPS) is 12.7. The quantitative estimate of drug-likeness (QED) is 0.0397. The Labute approximate surface area is 255 Å². The Morgan fingerprint density at radius 3 is 1.95 bits per heavy atom. The Kier molecular flexibility index (Phi) is 30.3. The van der Waals surface area contributed by atoms with Crippen LogP contribution in [0.1, 0.15) is 136 Å². The average Bonchev–Trinajstić information content (AvgIpc) is 2.93. The maximum absolute atomic E-state index is 12.6. The fourth-order valence-corrected chi connectivity index (χ4v) is 6.29. The molecule has 0 spiro atoms. The molecule has 1 N–H and O–H groups in total. The number of ether oxygens (including phenoxy) is 2. The molecule has 0 amide bonds. The summed E-state index contributed by atoms with van der Waals surface area (Å²) in [5, 5.41) is 3.03. The molecular weight excluding hydrogens is 539 g/mol. The minimum atomic E-state index is -0.152. The topological polar surface area (TPSA) is 64.6 Å². The molecule has 0 saturated carbocycles. The Balaban J connectivity index is 4.18. The molecule has 0 aliphatic rings. The second kappa shape index (κ2) is 31.0. The summed E-state index contributed by atoms with van der Waals surface area (Å²) >= 11 is 0. The molecule has 0 bridgehead atoms. The van der Waals surface area contributed by atoms with Crippen molar-refractivity contribution in [2.45, 2.75) is 142 Å². The van der Waals surface area contributed by atoms with Gasteiger partial charge in [-0.2, -0.15) is 0 Å². The zero-order valence-electron chi connectivity index (χ0n) is 26.3. The van der Waals surface area contributed by atoms with E-state index in [9.17, 15) is 9.59 Å². The number of unbranched alkanes of at least 4 members (excludes halogenated alkanes) is 11. The van der Waals surface area contributed by atoms with Crippen LogP contribution in [0.2, 0.25) is 0 Å². The van der Waals surface area contributed by atoms with Gasteiger partial charge >= 0.3 is 11.9 Å². The van der Waals surface area contributed by atoms with Gasteiger partial charge in [0.25, 0.3) is 0 Å².